The highest BCUT2D eigenvalue weighted by atomic mass is 32.2. The van der Waals surface area contributed by atoms with Crippen molar-refractivity contribution in [1.29, 1.82) is 0 Å². The van der Waals surface area contributed by atoms with E-state index in [1.54, 1.807) is 0 Å². The van der Waals surface area contributed by atoms with Crippen LogP contribution >= 0.6 is 0 Å². The van der Waals surface area contributed by atoms with Gasteiger partial charge in [-0.2, -0.15) is 0 Å². The minimum absolute atomic E-state index is 0.201. The van der Waals surface area contributed by atoms with Crippen molar-refractivity contribution in [1.82, 2.24) is 14.9 Å². The maximum atomic E-state index is 11.7. The van der Waals surface area contributed by atoms with Crippen molar-refractivity contribution in [3.8, 4) is 0 Å². The summed E-state index contributed by atoms with van der Waals surface area (Å²) in [6.07, 6.45) is 1.50. The molecule has 0 aliphatic carbocycles. The molecule has 0 spiro atoms. The SMILES string of the molecule is CC(C)NCCCS(=O)(=O)NCCCN(C)C(C)C. The van der Waals surface area contributed by atoms with Crippen molar-refractivity contribution in [3.63, 3.8) is 0 Å². The average molecular weight is 293 g/mol. The first-order valence-corrected chi connectivity index (χ1v) is 8.81. The number of sulfonamides is 1. The molecule has 0 aromatic rings. The molecule has 0 aliphatic heterocycles. The minimum atomic E-state index is -3.11. The van der Waals surface area contributed by atoms with Gasteiger partial charge in [-0.1, -0.05) is 13.8 Å². The molecule has 0 fully saturated rings. The van der Waals surface area contributed by atoms with Gasteiger partial charge in [-0.3, -0.25) is 0 Å². The first-order valence-electron chi connectivity index (χ1n) is 7.15. The van der Waals surface area contributed by atoms with Crippen LogP contribution in [0.2, 0.25) is 0 Å². The van der Waals surface area contributed by atoms with Crippen molar-refractivity contribution in [2.45, 2.75) is 52.6 Å². The Morgan fingerprint density at radius 1 is 1.05 bits per heavy atom. The number of nitrogens with zero attached hydrogens (tertiary/aromatic N) is 1. The van der Waals surface area contributed by atoms with E-state index in [1.807, 2.05) is 0 Å². The van der Waals surface area contributed by atoms with E-state index in [0.29, 0.717) is 25.0 Å². The lowest BCUT2D eigenvalue weighted by atomic mass is 10.3. The van der Waals surface area contributed by atoms with Crippen molar-refractivity contribution in [3.05, 3.63) is 0 Å². The van der Waals surface area contributed by atoms with Crippen LogP contribution < -0.4 is 10.0 Å². The van der Waals surface area contributed by atoms with Gasteiger partial charge in [0.2, 0.25) is 10.0 Å². The Morgan fingerprint density at radius 3 is 2.21 bits per heavy atom. The Morgan fingerprint density at radius 2 is 1.68 bits per heavy atom. The van der Waals surface area contributed by atoms with E-state index in [0.717, 1.165) is 19.5 Å². The van der Waals surface area contributed by atoms with Crippen molar-refractivity contribution in [2.24, 2.45) is 0 Å². The van der Waals surface area contributed by atoms with Gasteiger partial charge in [0, 0.05) is 18.6 Å². The summed E-state index contributed by atoms with van der Waals surface area (Å²) in [4.78, 5) is 2.21. The summed E-state index contributed by atoms with van der Waals surface area (Å²) >= 11 is 0. The predicted octanol–water partition coefficient (Wildman–Crippen LogP) is 1.02. The molecular formula is C13H31N3O2S. The molecule has 0 aromatic carbocycles. The molecule has 0 aromatic heterocycles. The van der Waals surface area contributed by atoms with Crippen LogP contribution in [0.1, 0.15) is 40.5 Å². The van der Waals surface area contributed by atoms with E-state index < -0.39 is 10.0 Å². The molecule has 6 heteroatoms. The molecule has 19 heavy (non-hydrogen) atoms. The smallest absolute Gasteiger partial charge is 0.211 e. The fourth-order valence-corrected chi connectivity index (χ4v) is 2.66. The molecule has 0 unspecified atom stereocenters. The molecule has 5 nitrogen and oxygen atoms in total. The highest BCUT2D eigenvalue weighted by molar-refractivity contribution is 7.89. The topological polar surface area (TPSA) is 61.4 Å². The maximum Gasteiger partial charge on any atom is 0.211 e. The highest BCUT2D eigenvalue weighted by Gasteiger charge is 2.09. The lowest BCUT2D eigenvalue weighted by molar-refractivity contribution is 0.271. The Labute approximate surface area is 119 Å². The third-order valence-electron chi connectivity index (χ3n) is 3.03. The summed E-state index contributed by atoms with van der Waals surface area (Å²) in [6, 6.07) is 0.904. The Kier molecular flexibility index (Phi) is 9.60. The van der Waals surface area contributed by atoms with Gasteiger partial charge in [0.25, 0.3) is 0 Å². The second-order valence-electron chi connectivity index (χ2n) is 5.60. The molecule has 0 bridgehead atoms. The zero-order valence-corrected chi connectivity index (χ0v) is 13.9. The standard InChI is InChI=1S/C13H31N3O2S/c1-12(2)14-8-7-11-19(17,18)15-9-6-10-16(5)13(3)4/h12-15H,6-11H2,1-5H3. The van der Waals surface area contributed by atoms with Crippen molar-refractivity contribution < 1.29 is 8.42 Å². The van der Waals surface area contributed by atoms with E-state index in [2.05, 4.69) is 49.7 Å². The number of nitrogens with one attached hydrogen (secondary N) is 2. The van der Waals surface area contributed by atoms with Crippen molar-refractivity contribution >= 4 is 10.0 Å². The zero-order chi connectivity index (χ0) is 14.9. The molecule has 0 atom stereocenters. The average Bonchev–Trinajstić information content (AvgIpc) is 2.29. The van der Waals surface area contributed by atoms with E-state index in [1.165, 1.54) is 0 Å². The van der Waals surface area contributed by atoms with Crippen LogP contribution in [0.25, 0.3) is 0 Å². The highest BCUT2D eigenvalue weighted by Crippen LogP contribution is 1.95. The first kappa shape index (κ1) is 18.8. The van der Waals surface area contributed by atoms with Gasteiger partial charge < -0.3 is 10.2 Å². The molecule has 0 saturated heterocycles. The van der Waals surface area contributed by atoms with Gasteiger partial charge in [-0.15, -0.1) is 0 Å². The summed E-state index contributed by atoms with van der Waals surface area (Å²) in [5.41, 5.74) is 0. The van der Waals surface area contributed by atoms with Crippen LogP contribution in [-0.2, 0) is 10.0 Å². The van der Waals surface area contributed by atoms with Crippen LogP contribution in [0.3, 0.4) is 0 Å². The van der Waals surface area contributed by atoms with E-state index >= 15 is 0 Å². The van der Waals surface area contributed by atoms with Gasteiger partial charge in [0.15, 0.2) is 0 Å². The van der Waals surface area contributed by atoms with Gasteiger partial charge in [0.1, 0.15) is 0 Å². The molecule has 0 amide bonds. The molecule has 116 valence electrons. The summed E-state index contributed by atoms with van der Waals surface area (Å²) in [6.45, 7) is 10.6. The van der Waals surface area contributed by atoms with E-state index in [4.69, 9.17) is 0 Å². The van der Waals surface area contributed by atoms with E-state index in [-0.39, 0.29) is 5.75 Å². The maximum absolute atomic E-state index is 11.7. The third-order valence-corrected chi connectivity index (χ3v) is 4.50. The summed E-state index contributed by atoms with van der Waals surface area (Å²) in [7, 11) is -1.05. The Bertz CT molecular complexity index is 316. The Balaban J connectivity index is 3.68. The van der Waals surface area contributed by atoms with E-state index in [9.17, 15) is 8.42 Å². The molecule has 0 rings (SSSR count). The van der Waals surface area contributed by atoms with Crippen LogP contribution in [0.4, 0.5) is 0 Å². The predicted molar refractivity (Wildman–Crippen MR) is 81.9 cm³/mol. The lowest BCUT2D eigenvalue weighted by Crippen LogP contribution is -2.33. The minimum Gasteiger partial charge on any atom is -0.314 e. The fraction of sp³-hybridized carbons (Fsp3) is 1.00. The molecular weight excluding hydrogens is 262 g/mol. The number of hydrogen-bond acceptors (Lipinski definition) is 4. The number of rotatable bonds is 11. The lowest BCUT2D eigenvalue weighted by Gasteiger charge is -2.20. The molecule has 0 radical (unpaired) electrons. The van der Waals surface area contributed by atoms with Crippen LogP contribution in [0.5, 0.6) is 0 Å². The fourth-order valence-electron chi connectivity index (χ4n) is 1.54. The number of hydrogen-bond donors (Lipinski definition) is 2. The van der Waals surface area contributed by atoms with Crippen molar-refractivity contribution in [2.75, 3.05) is 32.4 Å². The third kappa shape index (κ3) is 11.4. The second-order valence-corrected chi connectivity index (χ2v) is 7.53. The van der Waals surface area contributed by atoms with Crippen LogP contribution in [0.15, 0.2) is 0 Å². The van der Waals surface area contributed by atoms with Gasteiger partial charge in [-0.25, -0.2) is 13.1 Å². The summed E-state index contributed by atoms with van der Waals surface area (Å²) in [5, 5.41) is 3.21. The molecule has 0 heterocycles. The zero-order valence-electron chi connectivity index (χ0n) is 13.1. The van der Waals surface area contributed by atoms with Gasteiger partial charge in [-0.05, 0) is 46.8 Å². The van der Waals surface area contributed by atoms with Crippen LogP contribution in [0, 0.1) is 0 Å². The largest absolute Gasteiger partial charge is 0.314 e. The van der Waals surface area contributed by atoms with Gasteiger partial charge >= 0.3 is 0 Å². The first-order chi connectivity index (χ1) is 8.74. The summed E-state index contributed by atoms with van der Waals surface area (Å²) in [5.74, 6) is 0.201. The van der Waals surface area contributed by atoms with Gasteiger partial charge in [0.05, 0.1) is 5.75 Å². The summed E-state index contributed by atoms with van der Waals surface area (Å²) < 4.78 is 26.1. The Hall–Kier alpha value is -0.170. The quantitative estimate of drug-likeness (QED) is 0.559. The second kappa shape index (κ2) is 9.69. The monoisotopic (exact) mass is 293 g/mol. The molecule has 0 aliphatic rings. The van der Waals surface area contributed by atoms with Crippen LogP contribution in [-0.4, -0.2) is 57.8 Å². The molecule has 2 N–H and O–H groups in total. The molecule has 0 saturated carbocycles. The normalized spacial score (nSPS) is 12.8.